The lowest BCUT2D eigenvalue weighted by molar-refractivity contribution is -0.117. The molecule has 1 heterocycles. The van der Waals surface area contributed by atoms with Crippen molar-refractivity contribution >= 4 is 43.8 Å². The van der Waals surface area contributed by atoms with Gasteiger partial charge in [-0.25, -0.2) is 0 Å². The van der Waals surface area contributed by atoms with Crippen molar-refractivity contribution in [3.05, 3.63) is 44.9 Å². The molecule has 94 valence electrons. The molecule has 5 heteroatoms. The topological polar surface area (TPSA) is 38.3 Å². The maximum Gasteiger partial charge on any atom is 0.250 e. The molecule has 0 radical (unpaired) electrons. The zero-order valence-corrected chi connectivity index (χ0v) is 12.7. The van der Waals surface area contributed by atoms with Crippen LogP contribution < -0.4 is 10.1 Å². The van der Waals surface area contributed by atoms with Gasteiger partial charge in [0.1, 0.15) is 12.4 Å². The molecule has 0 fully saturated rings. The lowest BCUT2D eigenvalue weighted by atomic mass is 10.1. The van der Waals surface area contributed by atoms with E-state index in [4.69, 9.17) is 4.74 Å². The molecule has 3 nitrogen and oxygen atoms in total. The number of hydrogen-bond acceptors (Lipinski definition) is 2. The van der Waals surface area contributed by atoms with Gasteiger partial charge in [-0.3, -0.25) is 4.79 Å². The van der Waals surface area contributed by atoms with Crippen LogP contribution in [0.2, 0.25) is 0 Å². The summed E-state index contributed by atoms with van der Waals surface area (Å²) >= 11 is 6.59. The summed E-state index contributed by atoms with van der Waals surface area (Å²) < 4.78 is 7.22. The van der Waals surface area contributed by atoms with Crippen molar-refractivity contribution in [1.29, 1.82) is 0 Å². The highest BCUT2D eigenvalue weighted by atomic mass is 79.9. The summed E-state index contributed by atoms with van der Waals surface area (Å²) in [5.41, 5.74) is 1.51. The van der Waals surface area contributed by atoms with Crippen LogP contribution >= 0.6 is 31.9 Å². The quantitative estimate of drug-likeness (QED) is 0.884. The maximum absolute atomic E-state index is 11.9. The largest absolute Gasteiger partial charge is 0.488 e. The molecule has 0 aromatic heterocycles. The fourth-order valence-corrected chi connectivity index (χ4v) is 2.09. The van der Waals surface area contributed by atoms with Gasteiger partial charge in [0.15, 0.2) is 0 Å². The molecule has 0 aliphatic carbocycles. The number of nitrogens with one attached hydrogen (secondary N) is 1. The predicted molar refractivity (Wildman–Crippen MR) is 78.7 cm³/mol. The number of benzene rings is 1. The fraction of sp³-hybridized carbons (Fsp3) is 0.154. The number of ether oxygens (including phenoxy) is 1. The molecule has 0 atom stereocenters. The first-order valence-corrected chi connectivity index (χ1v) is 6.89. The molecule has 1 aliphatic rings. The molecule has 0 saturated heterocycles. The standard InChI is InChI=1S/C13H11Br2NO2/c1-8(14)6-16-13(17)10-4-9-5-11(15)2-3-12(9)18-7-10/h2-5H,1,6-7H2,(H,16,17). The van der Waals surface area contributed by atoms with Crippen LogP contribution in [0.15, 0.2) is 39.3 Å². The van der Waals surface area contributed by atoms with E-state index in [1.165, 1.54) is 0 Å². The minimum absolute atomic E-state index is 0.138. The van der Waals surface area contributed by atoms with Crippen LogP contribution in [0.5, 0.6) is 5.75 Å². The second-order valence-corrected chi connectivity index (χ2v) is 5.88. The average molecular weight is 373 g/mol. The summed E-state index contributed by atoms with van der Waals surface area (Å²) in [7, 11) is 0. The zero-order chi connectivity index (χ0) is 13.1. The number of carbonyl (C=O) groups excluding carboxylic acids is 1. The van der Waals surface area contributed by atoms with Crippen LogP contribution in [0.25, 0.3) is 6.08 Å². The minimum atomic E-state index is -0.138. The number of rotatable bonds is 3. The first-order valence-electron chi connectivity index (χ1n) is 5.30. The van der Waals surface area contributed by atoms with Crippen molar-refractivity contribution < 1.29 is 9.53 Å². The van der Waals surface area contributed by atoms with Gasteiger partial charge in [-0.1, -0.05) is 38.4 Å². The molecular weight excluding hydrogens is 362 g/mol. The second kappa shape index (κ2) is 5.71. The normalized spacial score (nSPS) is 13.1. The van der Waals surface area contributed by atoms with E-state index in [0.717, 1.165) is 20.3 Å². The molecule has 1 aliphatic heterocycles. The van der Waals surface area contributed by atoms with Crippen molar-refractivity contribution in [2.75, 3.05) is 13.2 Å². The van der Waals surface area contributed by atoms with Crippen LogP contribution in [0.3, 0.4) is 0 Å². The Labute approximate surface area is 122 Å². The first-order chi connectivity index (χ1) is 8.56. The van der Waals surface area contributed by atoms with Gasteiger partial charge in [-0.05, 0) is 24.3 Å². The SMILES string of the molecule is C=C(Br)CNC(=O)C1=Cc2cc(Br)ccc2OC1. The van der Waals surface area contributed by atoms with Gasteiger partial charge in [0.25, 0.3) is 5.91 Å². The molecule has 0 saturated carbocycles. The highest BCUT2D eigenvalue weighted by Crippen LogP contribution is 2.29. The van der Waals surface area contributed by atoms with Crippen LogP contribution in [0, 0.1) is 0 Å². The number of halogens is 2. The number of fused-ring (bicyclic) bond motifs is 1. The van der Waals surface area contributed by atoms with Crippen LogP contribution in [0.1, 0.15) is 5.56 Å². The van der Waals surface area contributed by atoms with Gasteiger partial charge < -0.3 is 10.1 Å². The smallest absolute Gasteiger partial charge is 0.250 e. The Morgan fingerprint density at radius 3 is 3.00 bits per heavy atom. The first kappa shape index (κ1) is 13.4. The molecule has 1 aromatic carbocycles. The predicted octanol–water partition coefficient (Wildman–Crippen LogP) is 3.25. The van der Waals surface area contributed by atoms with E-state index >= 15 is 0 Å². The minimum Gasteiger partial charge on any atom is -0.488 e. The van der Waals surface area contributed by atoms with Crippen molar-refractivity contribution in [3.8, 4) is 5.75 Å². The molecule has 1 N–H and O–H groups in total. The zero-order valence-electron chi connectivity index (χ0n) is 9.50. The van der Waals surface area contributed by atoms with Crippen LogP contribution in [-0.2, 0) is 4.79 Å². The van der Waals surface area contributed by atoms with Crippen molar-refractivity contribution in [1.82, 2.24) is 5.32 Å². The molecule has 0 unspecified atom stereocenters. The van der Waals surface area contributed by atoms with Crippen molar-refractivity contribution in [2.45, 2.75) is 0 Å². The highest BCUT2D eigenvalue weighted by Gasteiger charge is 2.17. The summed E-state index contributed by atoms with van der Waals surface area (Å²) in [5.74, 6) is 0.654. The second-order valence-electron chi connectivity index (χ2n) is 3.84. The molecule has 1 aromatic rings. The lowest BCUT2D eigenvalue weighted by Crippen LogP contribution is -2.29. The van der Waals surface area contributed by atoms with Gasteiger partial charge in [0, 0.05) is 21.1 Å². The lowest BCUT2D eigenvalue weighted by Gasteiger charge is -2.17. The number of carbonyl (C=O) groups is 1. The Bertz CT molecular complexity index is 538. The fourth-order valence-electron chi connectivity index (χ4n) is 1.57. The van der Waals surface area contributed by atoms with Gasteiger partial charge in [-0.15, -0.1) is 0 Å². The Balaban J connectivity index is 2.16. The van der Waals surface area contributed by atoms with E-state index in [-0.39, 0.29) is 12.5 Å². The summed E-state index contributed by atoms with van der Waals surface area (Å²) in [4.78, 5) is 11.9. The highest BCUT2D eigenvalue weighted by molar-refractivity contribution is 9.11. The monoisotopic (exact) mass is 371 g/mol. The van der Waals surface area contributed by atoms with Gasteiger partial charge in [0.05, 0.1) is 5.57 Å². The number of amides is 1. The van der Waals surface area contributed by atoms with Gasteiger partial charge in [0.2, 0.25) is 0 Å². The third-order valence-electron chi connectivity index (χ3n) is 2.42. The van der Waals surface area contributed by atoms with E-state index < -0.39 is 0 Å². The molecule has 0 spiro atoms. The average Bonchev–Trinajstić information content (AvgIpc) is 2.34. The van der Waals surface area contributed by atoms with E-state index in [1.807, 2.05) is 24.3 Å². The number of hydrogen-bond donors (Lipinski definition) is 1. The Morgan fingerprint density at radius 2 is 2.28 bits per heavy atom. The van der Waals surface area contributed by atoms with Crippen LogP contribution in [0.4, 0.5) is 0 Å². The van der Waals surface area contributed by atoms with E-state index in [0.29, 0.717) is 12.1 Å². The Morgan fingerprint density at radius 1 is 1.50 bits per heavy atom. The summed E-state index contributed by atoms with van der Waals surface area (Å²) in [6, 6.07) is 5.71. The Kier molecular flexibility index (Phi) is 4.24. The summed E-state index contributed by atoms with van der Waals surface area (Å²) in [6.45, 7) is 4.36. The van der Waals surface area contributed by atoms with E-state index in [2.05, 4.69) is 43.8 Å². The summed E-state index contributed by atoms with van der Waals surface area (Å²) in [6.07, 6.45) is 1.84. The van der Waals surface area contributed by atoms with Gasteiger partial charge in [-0.2, -0.15) is 0 Å². The molecule has 2 rings (SSSR count). The molecule has 18 heavy (non-hydrogen) atoms. The van der Waals surface area contributed by atoms with Crippen molar-refractivity contribution in [3.63, 3.8) is 0 Å². The maximum atomic E-state index is 11.9. The Hall–Kier alpha value is -1.07. The van der Waals surface area contributed by atoms with Crippen molar-refractivity contribution in [2.24, 2.45) is 0 Å². The molecule has 0 bridgehead atoms. The summed E-state index contributed by atoms with van der Waals surface area (Å²) in [5, 5.41) is 2.75. The molecular formula is C13H11Br2NO2. The van der Waals surface area contributed by atoms with Gasteiger partial charge >= 0.3 is 0 Å². The van der Waals surface area contributed by atoms with E-state index in [1.54, 1.807) is 0 Å². The third-order valence-corrected chi connectivity index (χ3v) is 3.19. The van der Waals surface area contributed by atoms with E-state index in [9.17, 15) is 4.79 Å². The molecule has 1 amide bonds. The third kappa shape index (κ3) is 3.23. The van der Waals surface area contributed by atoms with Crippen LogP contribution in [-0.4, -0.2) is 19.1 Å².